The van der Waals surface area contributed by atoms with Crippen LogP contribution >= 0.6 is 24.0 Å². The second kappa shape index (κ2) is 14.2. The summed E-state index contributed by atoms with van der Waals surface area (Å²) in [6.45, 7) is 9.02. The predicted molar refractivity (Wildman–Crippen MR) is 134 cm³/mol. The van der Waals surface area contributed by atoms with Crippen molar-refractivity contribution in [2.24, 2.45) is 10.9 Å². The minimum absolute atomic E-state index is 0. The van der Waals surface area contributed by atoms with E-state index in [1.54, 1.807) is 14.2 Å². The van der Waals surface area contributed by atoms with Crippen molar-refractivity contribution in [1.82, 2.24) is 15.6 Å². The van der Waals surface area contributed by atoms with E-state index in [0.717, 1.165) is 23.8 Å². The maximum atomic E-state index is 5.88. The normalized spacial score (nSPS) is 12.3. The molecule has 2 rings (SSSR count). The minimum Gasteiger partial charge on any atom is -0.491 e. The molecule has 1 aromatic heterocycles. The number of aryl methyl sites for hydroxylation is 1. The molecular weight excluding hydrogens is 491 g/mol. The Labute approximate surface area is 197 Å². The van der Waals surface area contributed by atoms with Gasteiger partial charge in [-0.2, -0.15) is 0 Å². The SMILES string of the molecule is CN=C(NCc1ccc(C)cc1OCCOC)NCC(c1cccnc1)C(C)C.I. The first-order valence-electron chi connectivity index (χ1n) is 10.1. The number of nitrogens with zero attached hydrogens (tertiary/aromatic N) is 2. The molecule has 0 saturated carbocycles. The first-order valence-corrected chi connectivity index (χ1v) is 10.1. The Balaban J connectivity index is 0.00000450. The van der Waals surface area contributed by atoms with Crippen LogP contribution in [0.2, 0.25) is 0 Å². The lowest BCUT2D eigenvalue weighted by Gasteiger charge is -2.23. The molecule has 0 amide bonds. The number of benzene rings is 1. The van der Waals surface area contributed by atoms with Crippen LogP contribution in [0.1, 0.15) is 36.5 Å². The second-order valence-electron chi connectivity index (χ2n) is 7.40. The Morgan fingerprint density at radius 1 is 1.17 bits per heavy atom. The maximum Gasteiger partial charge on any atom is 0.191 e. The molecule has 166 valence electrons. The van der Waals surface area contributed by atoms with Gasteiger partial charge in [0.25, 0.3) is 0 Å². The van der Waals surface area contributed by atoms with E-state index in [9.17, 15) is 0 Å². The molecule has 0 fully saturated rings. The van der Waals surface area contributed by atoms with Gasteiger partial charge in [0.1, 0.15) is 12.4 Å². The molecule has 0 spiro atoms. The molecule has 0 saturated heterocycles. The zero-order chi connectivity index (χ0) is 21.1. The number of guanidine groups is 1. The van der Waals surface area contributed by atoms with E-state index in [-0.39, 0.29) is 24.0 Å². The standard InChI is InChI=1S/C23H34N4O2.HI/c1-17(2)21(19-7-6-10-25-14-19)16-27-23(24-4)26-15-20-9-8-18(3)13-22(20)29-12-11-28-5;/h6-10,13-14,17,21H,11-12,15-16H2,1-5H3,(H2,24,26,27);1H. The van der Waals surface area contributed by atoms with E-state index in [4.69, 9.17) is 9.47 Å². The van der Waals surface area contributed by atoms with Crippen molar-refractivity contribution < 1.29 is 9.47 Å². The average molecular weight is 526 g/mol. The summed E-state index contributed by atoms with van der Waals surface area (Å²) < 4.78 is 11.0. The molecule has 0 aliphatic heterocycles. The van der Waals surface area contributed by atoms with E-state index >= 15 is 0 Å². The lowest BCUT2D eigenvalue weighted by Crippen LogP contribution is -2.39. The second-order valence-corrected chi connectivity index (χ2v) is 7.40. The summed E-state index contributed by atoms with van der Waals surface area (Å²) in [5, 5.41) is 6.85. The van der Waals surface area contributed by atoms with Gasteiger partial charge in [0.15, 0.2) is 5.96 Å². The highest BCUT2D eigenvalue weighted by Gasteiger charge is 2.16. The molecule has 0 aliphatic carbocycles. The van der Waals surface area contributed by atoms with Gasteiger partial charge in [-0.1, -0.05) is 32.0 Å². The fourth-order valence-electron chi connectivity index (χ4n) is 3.12. The number of aromatic nitrogens is 1. The molecule has 0 radical (unpaired) electrons. The van der Waals surface area contributed by atoms with Gasteiger partial charge >= 0.3 is 0 Å². The number of methoxy groups -OCH3 is 1. The van der Waals surface area contributed by atoms with Crippen LogP contribution in [0.15, 0.2) is 47.7 Å². The van der Waals surface area contributed by atoms with Crippen LogP contribution < -0.4 is 15.4 Å². The summed E-state index contributed by atoms with van der Waals surface area (Å²) in [6, 6.07) is 10.4. The lowest BCUT2D eigenvalue weighted by atomic mass is 9.89. The fourth-order valence-corrected chi connectivity index (χ4v) is 3.12. The van der Waals surface area contributed by atoms with Crippen molar-refractivity contribution >= 4 is 29.9 Å². The van der Waals surface area contributed by atoms with Crippen LogP contribution in [0.4, 0.5) is 0 Å². The summed E-state index contributed by atoms with van der Waals surface area (Å²) >= 11 is 0. The lowest BCUT2D eigenvalue weighted by molar-refractivity contribution is 0.145. The number of hydrogen-bond acceptors (Lipinski definition) is 4. The van der Waals surface area contributed by atoms with Crippen LogP contribution in [-0.4, -0.2) is 44.9 Å². The first-order chi connectivity index (χ1) is 14.0. The number of pyridine rings is 1. The van der Waals surface area contributed by atoms with Crippen LogP contribution in [0.3, 0.4) is 0 Å². The van der Waals surface area contributed by atoms with Gasteiger partial charge < -0.3 is 20.1 Å². The Morgan fingerprint density at radius 3 is 2.60 bits per heavy atom. The Kier molecular flexibility index (Phi) is 12.4. The molecule has 0 bridgehead atoms. The molecule has 2 aromatic rings. The minimum atomic E-state index is 0. The summed E-state index contributed by atoms with van der Waals surface area (Å²) in [5.41, 5.74) is 3.49. The van der Waals surface area contributed by atoms with Gasteiger partial charge in [-0.3, -0.25) is 9.98 Å². The van der Waals surface area contributed by atoms with Crippen molar-refractivity contribution in [1.29, 1.82) is 0 Å². The molecule has 0 aliphatic rings. The van der Waals surface area contributed by atoms with E-state index in [2.05, 4.69) is 65.6 Å². The zero-order valence-electron chi connectivity index (χ0n) is 18.6. The Hall–Kier alpha value is -1.87. The van der Waals surface area contributed by atoms with Gasteiger partial charge in [0.2, 0.25) is 0 Å². The molecule has 7 heteroatoms. The van der Waals surface area contributed by atoms with Gasteiger partial charge in [-0.05, 0) is 36.1 Å². The fraction of sp³-hybridized carbons (Fsp3) is 0.478. The van der Waals surface area contributed by atoms with E-state index < -0.39 is 0 Å². The van der Waals surface area contributed by atoms with Crippen LogP contribution in [-0.2, 0) is 11.3 Å². The summed E-state index contributed by atoms with van der Waals surface area (Å²) in [6.07, 6.45) is 3.75. The summed E-state index contributed by atoms with van der Waals surface area (Å²) in [7, 11) is 3.46. The molecule has 30 heavy (non-hydrogen) atoms. The topological polar surface area (TPSA) is 67.8 Å². The number of halogens is 1. The molecule has 1 atom stereocenters. The van der Waals surface area contributed by atoms with Crippen LogP contribution in [0.5, 0.6) is 5.75 Å². The summed E-state index contributed by atoms with van der Waals surface area (Å²) in [5.74, 6) is 2.49. The quantitative estimate of drug-likeness (QED) is 0.211. The van der Waals surface area contributed by atoms with Gasteiger partial charge in [0, 0.05) is 51.1 Å². The highest BCUT2D eigenvalue weighted by Crippen LogP contribution is 2.23. The van der Waals surface area contributed by atoms with Crippen molar-refractivity contribution in [2.75, 3.05) is 33.9 Å². The number of hydrogen-bond donors (Lipinski definition) is 2. The van der Waals surface area contributed by atoms with E-state index in [0.29, 0.717) is 31.6 Å². The molecular formula is C23H35IN4O2. The highest BCUT2D eigenvalue weighted by atomic mass is 127. The largest absolute Gasteiger partial charge is 0.491 e. The van der Waals surface area contributed by atoms with Crippen LogP contribution in [0, 0.1) is 12.8 Å². The average Bonchev–Trinajstić information content (AvgIpc) is 2.72. The van der Waals surface area contributed by atoms with Crippen molar-refractivity contribution in [3.63, 3.8) is 0 Å². The third-order valence-corrected chi connectivity index (χ3v) is 4.84. The van der Waals surface area contributed by atoms with Gasteiger partial charge in [-0.15, -0.1) is 24.0 Å². The van der Waals surface area contributed by atoms with Crippen molar-refractivity contribution in [2.45, 2.75) is 33.2 Å². The number of rotatable bonds is 10. The Bertz CT molecular complexity index is 769. The molecule has 6 nitrogen and oxygen atoms in total. The van der Waals surface area contributed by atoms with Crippen molar-refractivity contribution in [3.05, 3.63) is 59.4 Å². The molecule has 1 heterocycles. The smallest absolute Gasteiger partial charge is 0.191 e. The first kappa shape index (κ1) is 26.2. The third-order valence-electron chi connectivity index (χ3n) is 4.84. The predicted octanol–water partition coefficient (Wildman–Crippen LogP) is 4.14. The number of ether oxygens (including phenoxy) is 2. The molecule has 1 aromatic carbocycles. The summed E-state index contributed by atoms with van der Waals surface area (Å²) in [4.78, 5) is 8.63. The molecule has 1 unspecified atom stereocenters. The Morgan fingerprint density at radius 2 is 1.97 bits per heavy atom. The molecule has 2 N–H and O–H groups in total. The maximum absolute atomic E-state index is 5.88. The van der Waals surface area contributed by atoms with Gasteiger partial charge in [0.05, 0.1) is 6.61 Å². The zero-order valence-corrected chi connectivity index (χ0v) is 21.0. The highest BCUT2D eigenvalue weighted by molar-refractivity contribution is 14.0. The van der Waals surface area contributed by atoms with Crippen LogP contribution in [0.25, 0.3) is 0 Å². The monoisotopic (exact) mass is 526 g/mol. The van der Waals surface area contributed by atoms with E-state index in [1.165, 1.54) is 11.1 Å². The number of aliphatic imine (C=N–C) groups is 1. The number of nitrogens with one attached hydrogen (secondary N) is 2. The van der Waals surface area contributed by atoms with Gasteiger partial charge in [-0.25, -0.2) is 0 Å². The third kappa shape index (κ3) is 8.47. The van der Waals surface area contributed by atoms with Crippen molar-refractivity contribution in [3.8, 4) is 5.75 Å². The van der Waals surface area contributed by atoms with E-state index in [1.807, 2.05) is 18.5 Å².